The highest BCUT2D eigenvalue weighted by Crippen LogP contribution is 2.26. The van der Waals surface area contributed by atoms with Crippen molar-refractivity contribution >= 4 is 34.3 Å². The first-order valence-electron chi connectivity index (χ1n) is 5.29. The zero-order chi connectivity index (χ0) is 13.0. The number of aromatic nitrogens is 1. The Morgan fingerprint density at radius 3 is 3.11 bits per heavy atom. The van der Waals surface area contributed by atoms with Crippen LogP contribution in [-0.4, -0.2) is 29.4 Å². The topological polar surface area (TPSA) is 71.5 Å². The second-order valence-corrected chi connectivity index (χ2v) is 3.95. The van der Waals surface area contributed by atoms with Crippen molar-refractivity contribution in [1.29, 1.82) is 0 Å². The van der Waals surface area contributed by atoms with Crippen LogP contribution in [-0.2, 0) is 4.74 Å². The third-order valence-electron chi connectivity index (χ3n) is 2.23. The van der Waals surface area contributed by atoms with Crippen LogP contribution in [0.1, 0.15) is 0 Å². The Balaban J connectivity index is 2.29. The molecule has 2 N–H and O–H groups in total. The SMILES string of the molecule is O=C(Nc1cc(Cl)cc2cccnc12)OCCO. The fourth-order valence-electron chi connectivity index (χ4n) is 1.54. The zero-order valence-corrected chi connectivity index (χ0v) is 10.1. The highest BCUT2D eigenvalue weighted by Gasteiger charge is 2.08. The number of rotatable bonds is 3. The number of anilines is 1. The van der Waals surface area contributed by atoms with E-state index >= 15 is 0 Å². The number of amides is 1. The summed E-state index contributed by atoms with van der Waals surface area (Å²) in [6.07, 6.45) is 0.971. The van der Waals surface area contributed by atoms with Gasteiger partial charge >= 0.3 is 6.09 Å². The molecule has 0 fully saturated rings. The Labute approximate surface area is 108 Å². The summed E-state index contributed by atoms with van der Waals surface area (Å²) in [6, 6.07) is 6.98. The maximum atomic E-state index is 11.4. The number of nitrogens with zero attached hydrogens (tertiary/aromatic N) is 1. The molecule has 0 unspecified atom stereocenters. The summed E-state index contributed by atoms with van der Waals surface area (Å²) in [5, 5.41) is 12.4. The van der Waals surface area contributed by atoms with Crippen molar-refractivity contribution in [3.63, 3.8) is 0 Å². The van der Waals surface area contributed by atoms with Gasteiger partial charge in [-0.15, -0.1) is 0 Å². The van der Waals surface area contributed by atoms with E-state index in [1.807, 2.05) is 6.07 Å². The van der Waals surface area contributed by atoms with Crippen LogP contribution in [0.3, 0.4) is 0 Å². The van der Waals surface area contributed by atoms with E-state index in [-0.39, 0.29) is 13.2 Å². The van der Waals surface area contributed by atoms with Crippen LogP contribution in [0.15, 0.2) is 30.5 Å². The summed E-state index contributed by atoms with van der Waals surface area (Å²) < 4.78 is 4.71. The molecule has 0 aliphatic rings. The maximum Gasteiger partial charge on any atom is 0.411 e. The molecule has 2 aromatic rings. The van der Waals surface area contributed by atoms with Gasteiger partial charge in [-0.3, -0.25) is 10.3 Å². The quantitative estimate of drug-likeness (QED) is 0.895. The molecule has 1 heterocycles. The Kier molecular flexibility index (Phi) is 3.96. The first-order valence-corrected chi connectivity index (χ1v) is 5.67. The average molecular weight is 267 g/mol. The van der Waals surface area contributed by atoms with Crippen molar-refractivity contribution in [3.05, 3.63) is 35.5 Å². The third-order valence-corrected chi connectivity index (χ3v) is 2.45. The van der Waals surface area contributed by atoms with Gasteiger partial charge in [0.05, 0.1) is 17.8 Å². The van der Waals surface area contributed by atoms with Crippen LogP contribution in [0.25, 0.3) is 10.9 Å². The van der Waals surface area contributed by atoms with E-state index in [4.69, 9.17) is 21.4 Å². The molecule has 18 heavy (non-hydrogen) atoms. The van der Waals surface area contributed by atoms with E-state index < -0.39 is 6.09 Å². The molecule has 0 saturated carbocycles. The number of carbonyl (C=O) groups is 1. The second-order valence-electron chi connectivity index (χ2n) is 3.51. The van der Waals surface area contributed by atoms with Crippen molar-refractivity contribution in [2.24, 2.45) is 0 Å². The van der Waals surface area contributed by atoms with Gasteiger partial charge in [-0.25, -0.2) is 4.79 Å². The highest BCUT2D eigenvalue weighted by atomic mass is 35.5. The minimum atomic E-state index is -0.654. The van der Waals surface area contributed by atoms with Gasteiger partial charge in [-0.05, 0) is 18.2 Å². The fraction of sp³-hybridized carbons (Fsp3) is 0.167. The first-order chi connectivity index (χ1) is 8.70. The lowest BCUT2D eigenvalue weighted by Gasteiger charge is -2.08. The summed E-state index contributed by atoms with van der Waals surface area (Å²) in [4.78, 5) is 15.6. The molecule has 94 valence electrons. The first kappa shape index (κ1) is 12.6. The molecule has 0 atom stereocenters. The van der Waals surface area contributed by atoms with Crippen molar-refractivity contribution in [2.45, 2.75) is 0 Å². The van der Waals surface area contributed by atoms with Gasteiger partial charge in [0, 0.05) is 16.6 Å². The van der Waals surface area contributed by atoms with Crippen molar-refractivity contribution in [3.8, 4) is 0 Å². The monoisotopic (exact) mass is 266 g/mol. The van der Waals surface area contributed by atoms with E-state index in [1.165, 1.54) is 0 Å². The number of hydrogen-bond acceptors (Lipinski definition) is 4. The summed E-state index contributed by atoms with van der Waals surface area (Å²) in [6.45, 7) is -0.278. The van der Waals surface area contributed by atoms with E-state index in [0.717, 1.165) is 5.39 Å². The van der Waals surface area contributed by atoms with Crippen molar-refractivity contribution in [2.75, 3.05) is 18.5 Å². The molecule has 6 heteroatoms. The molecular weight excluding hydrogens is 256 g/mol. The third kappa shape index (κ3) is 2.88. The van der Waals surface area contributed by atoms with Crippen LogP contribution in [0.4, 0.5) is 10.5 Å². The fourth-order valence-corrected chi connectivity index (χ4v) is 1.76. The molecule has 0 saturated heterocycles. The molecule has 0 aliphatic carbocycles. The standard InChI is InChI=1S/C12H11ClN2O3/c13-9-6-8-2-1-3-14-11(8)10(7-9)15-12(17)18-5-4-16/h1-3,6-7,16H,4-5H2,(H,15,17). The lowest BCUT2D eigenvalue weighted by Crippen LogP contribution is -2.16. The molecule has 5 nitrogen and oxygen atoms in total. The normalized spacial score (nSPS) is 10.3. The zero-order valence-electron chi connectivity index (χ0n) is 9.39. The number of carbonyl (C=O) groups excluding carboxylic acids is 1. The Morgan fingerprint density at radius 1 is 1.50 bits per heavy atom. The number of nitrogens with one attached hydrogen (secondary N) is 1. The predicted molar refractivity (Wildman–Crippen MR) is 68.8 cm³/mol. The maximum absolute atomic E-state index is 11.4. The van der Waals surface area contributed by atoms with Gasteiger partial charge in [0.15, 0.2) is 0 Å². The van der Waals surface area contributed by atoms with Crippen molar-refractivity contribution in [1.82, 2.24) is 4.98 Å². The van der Waals surface area contributed by atoms with Crippen LogP contribution >= 0.6 is 11.6 Å². The van der Waals surface area contributed by atoms with Gasteiger partial charge in [-0.2, -0.15) is 0 Å². The lowest BCUT2D eigenvalue weighted by atomic mass is 10.2. The summed E-state index contributed by atoms with van der Waals surface area (Å²) >= 11 is 5.95. The molecular formula is C12H11ClN2O3. The summed E-state index contributed by atoms with van der Waals surface area (Å²) in [5.74, 6) is 0. The minimum Gasteiger partial charge on any atom is -0.447 e. The number of pyridine rings is 1. The molecule has 1 aromatic carbocycles. The lowest BCUT2D eigenvalue weighted by molar-refractivity contribution is 0.131. The number of aliphatic hydroxyl groups excluding tert-OH is 1. The van der Waals surface area contributed by atoms with E-state index in [2.05, 4.69) is 10.3 Å². The molecule has 1 aromatic heterocycles. The summed E-state index contributed by atoms with van der Waals surface area (Å²) in [5.41, 5.74) is 1.10. The van der Waals surface area contributed by atoms with Gasteiger partial charge in [0.2, 0.25) is 0 Å². The number of ether oxygens (including phenoxy) is 1. The molecule has 1 amide bonds. The Morgan fingerprint density at radius 2 is 2.33 bits per heavy atom. The predicted octanol–water partition coefficient (Wildman–Crippen LogP) is 2.43. The number of hydrogen-bond donors (Lipinski definition) is 2. The van der Waals surface area contributed by atoms with E-state index in [0.29, 0.717) is 16.2 Å². The van der Waals surface area contributed by atoms with Crippen LogP contribution in [0, 0.1) is 0 Å². The number of halogens is 1. The highest BCUT2D eigenvalue weighted by molar-refractivity contribution is 6.32. The molecule has 0 bridgehead atoms. The van der Waals surface area contributed by atoms with Crippen LogP contribution < -0.4 is 5.32 Å². The Hall–Kier alpha value is -1.85. The van der Waals surface area contributed by atoms with Gasteiger partial charge in [-0.1, -0.05) is 17.7 Å². The number of aliphatic hydroxyl groups is 1. The van der Waals surface area contributed by atoms with Crippen LogP contribution in [0.2, 0.25) is 5.02 Å². The Bertz CT molecular complexity index is 574. The van der Waals surface area contributed by atoms with E-state index in [1.54, 1.807) is 24.4 Å². The molecule has 2 rings (SSSR count). The van der Waals surface area contributed by atoms with Gasteiger partial charge < -0.3 is 9.84 Å². The number of benzene rings is 1. The van der Waals surface area contributed by atoms with E-state index in [9.17, 15) is 4.79 Å². The molecule has 0 spiro atoms. The minimum absolute atomic E-state index is 0.0578. The average Bonchev–Trinajstić information content (AvgIpc) is 2.36. The summed E-state index contributed by atoms with van der Waals surface area (Å²) in [7, 11) is 0. The number of fused-ring (bicyclic) bond motifs is 1. The van der Waals surface area contributed by atoms with Crippen molar-refractivity contribution < 1.29 is 14.6 Å². The smallest absolute Gasteiger partial charge is 0.411 e. The largest absolute Gasteiger partial charge is 0.447 e. The molecule has 0 radical (unpaired) electrons. The van der Waals surface area contributed by atoms with Crippen LogP contribution in [0.5, 0.6) is 0 Å². The molecule has 0 aliphatic heterocycles. The van der Waals surface area contributed by atoms with Gasteiger partial charge in [0.25, 0.3) is 0 Å². The van der Waals surface area contributed by atoms with Gasteiger partial charge in [0.1, 0.15) is 6.61 Å². The second kappa shape index (κ2) is 5.66.